The first kappa shape index (κ1) is 55.8. The molecule has 400 valence electrons. The first-order valence-corrected chi connectivity index (χ1v) is 25.7. The molecule has 0 atom stereocenters. The number of aryl methyl sites for hydroxylation is 2. The second-order valence-corrected chi connectivity index (χ2v) is 18.3. The van der Waals surface area contributed by atoms with E-state index in [1.54, 1.807) is 0 Å². The molecule has 6 aliphatic rings. The van der Waals surface area contributed by atoms with Gasteiger partial charge in [-0.2, -0.15) is 0 Å². The van der Waals surface area contributed by atoms with Crippen molar-refractivity contribution in [1.82, 2.24) is 19.9 Å². The van der Waals surface area contributed by atoms with Crippen molar-refractivity contribution in [3.05, 3.63) is 169 Å². The number of para-hydroxylation sites is 2. The van der Waals surface area contributed by atoms with Crippen LogP contribution in [0, 0.1) is 0 Å². The zero-order valence-corrected chi connectivity index (χ0v) is 47.8. The number of aromatic amines is 2. The number of rotatable bonds is 2. The van der Waals surface area contributed by atoms with E-state index in [4.69, 9.17) is 47.9 Å². The van der Waals surface area contributed by atoms with Crippen LogP contribution in [0.4, 0.5) is 0 Å². The Morgan fingerprint density at radius 3 is 1.06 bits per heavy atom. The normalized spacial score (nSPS) is 14.6. The third kappa shape index (κ3) is 13.3. The molecule has 14 nitrogen and oxygen atoms in total. The molecule has 0 aliphatic carbocycles. The van der Waals surface area contributed by atoms with E-state index in [2.05, 4.69) is 107 Å². The van der Waals surface area contributed by atoms with E-state index in [9.17, 15) is 0 Å². The van der Waals surface area contributed by atoms with Gasteiger partial charge in [-0.25, -0.2) is 19.1 Å². The Balaban J connectivity index is 0.00000370. The molecule has 8 aromatic rings. The van der Waals surface area contributed by atoms with Gasteiger partial charge >= 0.3 is 0 Å². The van der Waals surface area contributed by atoms with E-state index in [0.717, 1.165) is 101 Å². The molecular weight excluding hydrogens is 1210 g/mol. The minimum atomic E-state index is 0. The van der Waals surface area contributed by atoms with Gasteiger partial charge in [-0.05, 0) is 96.1 Å². The highest BCUT2D eigenvalue weighted by Crippen LogP contribution is 2.41. The fourth-order valence-electron chi connectivity index (χ4n) is 9.45. The molecule has 12 bridgehead atoms. The minimum absolute atomic E-state index is 0. The Bertz CT molecular complexity index is 3360. The lowest BCUT2D eigenvalue weighted by atomic mass is 10.0. The summed E-state index contributed by atoms with van der Waals surface area (Å²) in [6, 6.07) is 40.8. The lowest BCUT2D eigenvalue weighted by Gasteiger charge is -2.13. The van der Waals surface area contributed by atoms with Crippen LogP contribution in [0.5, 0.6) is 23.0 Å². The van der Waals surface area contributed by atoms with Crippen LogP contribution in [0.15, 0.2) is 146 Å². The number of hydrogen-bond acceptors (Lipinski definition) is 10. The van der Waals surface area contributed by atoms with Gasteiger partial charge in [0, 0.05) is 79.7 Å². The van der Waals surface area contributed by atoms with Crippen LogP contribution in [0.2, 0.25) is 0 Å². The molecule has 5 aromatic heterocycles. The standard InChI is InChI=1S/C62H59N6O8.2HI/c1-67-27-23-43(24-28-67)59-49-15-19-53(63-49)61-47-7-3-5-9-57(47)75-41-37-71-33-31-69-35-39-73-45-11-13-46(14-12-45)74-40-36-70-32-34-72-38-42-76-58-10-6-4-8-48(58)62(54-20-16-50(59)64-54)56-22-18-52(66-56)60(51-17-21-55(61)65-51)44-25-29-68(2)30-26-44;;/h3-30H,31-42H2,1-2H3,(H,63,64,65,66);2*1H/q+1;;/p-1. The summed E-state index contributed by atoms with van der Waals surface area (Å²) in [5.41, 5.74) is 14.0. The number of benzene rings is 3. The summed E-state index contributed by atoms with van der Waals surface area (Å²) in [4.78, 5) is 18.8. The summed E-state index contributed by atoms with van der Waals surface area (Å²) < 4.78 is 52.6. The average molecular weight is 1270 g/mol. The Morgan fingerprint density at radius 2 is 0.667 bits per heavy atom. The molecule has 11 heterocycles. The van der Waals surface area contributed by atoms with E-state index in [-0.39, 0.29) is 48.0 Å². The van der Waals surface area contributed by atoms with Crippen molar-refractivity contribution in [1.29, 1.82) is 0 Å². The van der Waals surface area contributed by atoms with Gasteiger partial charge in [0.25, 0.3) is 0 Å². The van der Waals surface area contributed by atoms with Gasteiger partial charge in [0.2, 0.25) is 0 Å². The van der Waals surface area contributed by atoms with Crippen molar-refractivity contribution < 1.29 is 95.0 Å². The SMILES string of the molecule is C[n+]1ccc(-c2c3nc(c4c5ccc([nH]5)c(-c5cc[n+](C)cc5)c5ccc([nH]5)c(c5nc2C=C5)-c2ccccc2OCCOCCOCCOc2ccc(cc2)OCCOCCOCCOc2ccccc2-4)C=C3)cc1.[I-].[I-]. The summed E-state index contributed by atoms with van der Waals surface area (Å²) in [6.45, 7) is 4.72. The van der Waals surface area contributed by atoms with Crippen molar-refractivity contribution in [3.8, 4) is 67.5 Å². The van der Waals surface area contributed by atoms with Crippen LogP contribution in [0.3, 0.4) is 0 Å². The maximum Gasteiger partial charge on any atom is 0.169 e. The molecule has 0 spiro atoms. The summed E-state index contributed by atoms with van der Waals surface area (Å²) in [7, 11) is 4.04. The number of hydrogen-bond donors (Lipinski definition) is 2. The highest BCUT2D eigenvalue weighted by molar-refractivity contribution is 6.01. The molecule has 0 amide bonds. The molecule has 0 fully saturated rings. The second kappa shape index (κ2) is 27.1. The van der Waals surface area contributed by atoms with Crippen molar-refractivity contribution in [3.63, 3.8) is 0 Å². The molecule has 0 saturated heterocycles. The number of nitrogens with zero attached hydrogens (tertiary/aromatic N) is 4. The van der Waals surface area contributed by atoms with Gasteiger partial charge in [0.05, 0.1) is 75.6 Å². The second-order valence-electron chi connectivity index (χ2n) is 18.3. The monoisotopic (exact) mass is 1270 g/mol. The Hall–Kier alpha value is -6.94. The topological polar surface area (TPSA) is 139 Å². The van der Waals surface area contributed by atoms with Crippen LogP contribution < -0.4 is 76.0 Å². The molecule has 0 unspecified atom stereocenters. The predicted molar refractivity (Wildman–Crippen MR) is 295 cm³/mol. The Kier molecular flexibility index (Phi) is 19.4. The lowest BCUT2D eigenvalue weighted by Crippen LogP contribution is -3.00. The zero-order valence-electron chi connectivity index (χ0n) is 43.5. The third-order valence-electron chi connectivity index (χ3n) is 13.1. The van der Waals surface area contributed by atoms with Crippen molar-refractivity contribution in [2.75, 3.05) is 79.3 Å². The van der Waals surface area contributed by atoms with Crippen LogP contribution in [-0.4, -0.2) is 99.2 Å². The summed E-state index contributed by atoms with van der Waals surface area (Å²) in [5, 5.41) is 0. The van der Waals surface area contributed by atoms with Gasteiger partial charge in [-0.1, -0.05) is 36.4 Å². The molecule has 0 radical (unpaired) electrons. The fourth-order valence-corrected chi connectivity index (χ4v) is 9.45. The molecule has 16 heteroatoms. The number of H-pyrrole nitrogens is 2. The maximum atomic E-state index is 6.57. The largest absolute Gasteiger partial charge is 1.00 e. The van der Waals surface area contributed by atoms with Crippen molar-refractivity contribution in [2.45, 2.75) is 0 Å². The number of aromatic nitrogens is 6. The van der Waals surface area contributed by atoms with Gasteiger partial charge in [0.15, 0.2) is 24.8 Å². The fraction of sp³-hybridized carbons (Fsp3) is 0.226. The van der Waals surface area contributed by atoms with Crippen molar-refractivity contribution in [2.24, 2.45) is 14.1 Å². The predicted octanol–water partition coefficient (Wildman–Crippen LogP) is 4.28. The molecular formula is C62H60I2N6O8. The first-order valence-electron chi connectivity index (χ1n) is 25.7. The Labute approximate surface area is 487 Å². The Morgan fingerprint density at radius 1 is 0.346 bits per heavy atom. The van der Waals surface area contributed by atoms with E-state index in [1.807, 2.05) is 96.3 Å². The maximum absolute atomic E-state index is 6.57. The number of nitrogens with one attached hydrogen (secondary N) is 2. The minimum Gasteiger partial charge on any atom is -1.00 e. The van der Waals surface area contributed by atoms with Crippen molar-refractivity contribution >= 4 is 46.4 Å². The van der Waals surface area contributed by atoms with Gasteiger partial charge in [-0.3, -0.25) is 0 Å². The van der Waals surface area contributed by atoms with E-state index in [1.165, 1.54) is 0 Å². The third-order valence-corrected chi connectivity index (χ3v) is 13.1. The lowest BCUT2D eigenvalue weighted by molar-refractivity contribution is -0.671. The van der Waals surface area contributed by atoms with Gasteiger partial charge < -0.3 is 95.8 Å². The van der Waals surface area contributed by atoms with Crippen LogP contribution >= 0.6 is 0 Å². The summed E-state index contributed by atoms with van der Waals surface area (Å²) in [6.07, 6.45) is 16.6. The molecule has 2 N–H and O–H groups in total. The molecule has 14 rings (SSSR count). The van der Waals surface area contributed by atoms with E-state index >= 15 is 0 Å². The molecule has 3 aromatic carbocycles. The zero-order chi connectivity index (χ0) is 51.5. The van der Waals surface area contributed by atoms with Gasteiger partial charge in [0.1, 0.15) is 63.5 Å². The summed E-state index contributed by atoms with van der Waals surface area (Å²) in [5.74, 6) is 2.87. The number of pyridine rings is 2. The smallest absolute Gasteiger partial charge is 0.169 e. The quantitative estimate of drug-likeness (QED) is 0.191. The van der Waals surface area contributed by atoms with Crippen LogP contribution in [-0.2, 0) is 33.0 Å². The van der Waals surface area contributed by atoms with Crippen LogP contribution in [0.1, 0.15) is 22.8 Å². The molecule has 6 aliphatic heterocycles. The number of halogens is 2. The van der Waals surface area contributed by atoms with Crippen LogP contribution in [0.25, 0.3) is 90.9 Å². The first-order chi connectivity index (χ1) is 37.5. The molecule has 0 saturated carbocycles. The summed E-state index contributed by atoms with van der Waals surface area (Å²) >= 11 is 0. The average Bonchev–Trinajstić information content (AvgIpc) is 4.41. The highest BCUT2D eigenvalue weighted by atomic mass is 127. The number of ether oxygens (including phenoxy) is 8. The van der Waals surface area contributed by atoms with E-state index in [0.29, 0.717) is 90.8 Å². The van der Waals surface area contributed by atoms with Gasteiger partial charge in [-0.15, -0.1) is 0 Å². The molecule has 78 heavy (non-hydrogen) atoms. The van der Waals surface area contributed by atoms with E-state index < -0.39 is 0 Å². The highest BCUT2D eigenvalue weighted by Gasteiger charge is 2.22.